The molecule has 1 aromatic carbocycles. The van der Waals surface area contributed by atoms with Crippen LogP contribution in [-0.4, -0.2) is 4.98 Å². The first kappa shape index (κ1) is 3.22. The van der Waals surface area contributed by atoms with Gasteiger partial charge in [-0.1, -0.05) is 18.1 Å². The molecule has 0 unspecified atom stereocenters. The molecule has 0 N–H and O–H groups in total. The van der Waals surface area contributed by atoms with E-state index in [0.717, 1.165) is 0 Å². The van der Waals surface area contributed by atoms with Crippen LogP contribution in [0.4, 0.5) is 0 Å². The van der Waals surface area contributed by atoms with Gasteiger partial charge in [-0.05, 0) is 11.0 Å². The standard InChI is InChI=1S/C11H9N2/c1-2-5-10-9(4-1)8-13-7-3-6-12-11(10)13/h1-7H,8H2/q+1/i1D,2D,3D,4D,5D,6D. The van der Waals surface area contributed by atoms with Crippen LogP contribution in [0.3, 0.4) is 0 Å². The number of hydrogen-bond donors (Lipinski definition) is 0. The van der Waals surface area contributed by atoms with Gasteiger partial charge in [0.05, 0.1) is 18.6 Å². The molecule has 0 atom stereocenters. The maximum Gasteiger partial charge on any atom is 0.330 e. The minimum atomic E-state index is -0.305. The lowest BCUT2D eigenvalue weighted by Crippen LogP contribution is -2.32. The molecular formula is C11H9N2+. The van der Waals surface area contributed by atoms with Gasteiger partial charge in [-0.3, -0.25) is 0 Å². The molecule has 0 bridgehead atoms. The van der Waals surface area contributed by atoms with Crippen molar-refractivity contribution in [1.29, 1.82) is 0 Å². The molecular weight excluding hydrogens is 160 g/mol. The van der Waals surface area contributed by atoms with Crippen LogP contribution in [-0.2, 0) is 6.54 Å². The van der Waals surface area contributed by atoms with Gasteiger partial charge in [0.2, 0.25) is 0 Å². The minimum absolute atomic E-state index is 0.0354. The fraction of sp³-hybridized carbons (Fsp3) is 0.0909. The fourth-order valence-corrected chi connectivity index (χ4v) is 1.46. The highest BCUT2D eigenvalue weighted by molar-refractivity contribution is 5.59. The molecule has 2 nitrogen and oxygen atoms in total. The number of nitrogens with zero attached hydrogens (tertiary/aromatic N) is 2. The highest BCUT2D eigenvalue weighted by Gasteiger charge is 2.24. The van der Waals surface area contributed by atoms with Crippen LogP contribution in [0.1, 0.15) is 13.8 Å². The van der Waals surface area contributed by atoms with Crippen LogP contribution in [0.2, 0.25) is 0 Å². The number of benzene rings is 1. The zero-order chi connectivity index (χ0) is 13.9. The summed E-state index contributed by atoms with van der Waals surface area (Å²) < 4.78 is 47.8. The van der Waals surface area contributed by atoms with Gasteiger partial charge in [0.15, 0.2) is 0 Å². The Hall–Kier alpha value is -1.70. The van der Waals surface area contributed by atoms with Crippen LogP contribution in [0.25, 0.3) is 11.4 Å². The lowest BCUT2D eigenvalue weighted by molar-refractivity contribution is -0.674. The van der Waals surface area contributed by atoms with Crippen molar-refractivity contribution < 1.29 is 12.8 Å². The zero-order valence-corrected chi connectivity index (χ0v) is 6.68. The molecule has 0 radical (unpaired) electrons. The van der Waals surface area contributed by atoms with Crippen LogP contribution in [0, 0.1) is 0 Å². The summed E-state index contributed by atoms with van der Waals surface area (Å²) in [5.74, 6) is 0.322. The van der Waals surface area contributed by atoms with Gasteiger partial charge in [0.25, 0.3) is 0 Å². The summed E-state index contributed by atoms with van der Waals surface area (Å²) in [5, 5.41) is 0. The first-order valence-corrected chi connectivity index (χ1v) is 3.89. The largest absolute Gasteiger partial charge is 0.330 e. The van der Waals surface area contributed by atoms with Crippen molar-refractivity contribution in [3.8, 4) is 11.4 Å². The van der Waals surface area contributed by atoms with Crippen molar-refractivity contribution in [3.05, 3.63) is 48.1 Å². The molecule has 1 aliphatic rings. The van der Waals surface area contributed by atoms with Gasteiger partial charge >= 0.3 is 5.82 Å². The predicted molar refractivity (Wildman–Crippen MR) is 49.0 cm³/mol. The fourth-order valence-electron chi connectivity index (χ4n) is 1.46. The molecule has 1 aliphatic heterocycles. The quantitative estimate of drug-likeness (QED) is 0.472. The van der Waals surface area contributed by atoms with Crippen molar-refractivity contribution in [2.24, 2.45) is 0 Å². The van der Waals surface area contributed by atoms with Gasteiger partial charge in [0, 0.05) is 11.6 Å². The Kier molecular flexibility index (Phi) is 0.592. The van der Waals surface area contributed by atoms with E-state index in [1.165, 1.54) is 6.20 Å². The molecule has 0 fully saturated rings. The van der Waals surface area contributed by atoms with Gasteiger partial charge in [-0.2, -0.15) is 0 Å². The van der Waals surface area contributed by atoms with Crippen LogP contribution < -0.4 is 4.57 Å². The van der Waals surface area contributed by atoms with E-state index in [0.29, 0.717) is 17.0 Å². The molecule has 0 saturated carbocycles. The predicted octanol–water partition coefficient (Wildman–Crippen LogP) is 1.40. The van der Waals surface area contributed by atoms with Gasteiger partial charge in [-0.25, -0.2) is 4.57 Å². The second kappa shape index (κ2) is 2.39. The summed E-state index contributed by atoms with van der Waals surface area (Å²) in [6, 6.07) is -0.840. The smallest absolute Gasteiger partial charge is 0.226 e. The Morgan fingerprint density at radius 3 is 3.23 bits per heavy atom. The molecule has 2 heterocycles. The monoisotopic (exact) mass is 175 g/mol. The summed E-state index contributed by atoms with van der Waals surface area (Å²) in [4.78, 5) is 3.96. The van der Waals surface area contributed by atoms with Gasteiger partial charge < -0.3 is 0 Å². The van der Waals surface area contributed by atoms with Gasteiger partial charge in [0.1, 0.15) is 14.1 Å². The lowest BCUT2D eigenvalue weighted by Gasteiger charge is -1.88. The van der Waals surface area contributed by atoms with Crippen LogP contribution in [0.15, 0.2) is 42.6 Å². The van der Waals surface area contributed by atoms with E-state index in [9.17, 15) is 0 Å². The summed E-state index contributed by atoms with van der Waals surface area (Å²) in [7, 11) is 0. The molecule has 0 saturated heterocycles. The Morgan fingerprint density at radius 1 is 1.31 bits per heavy atom. The maximum absolute atomic E-state index is 7.92. The third-order valence-electron chi connectivity index (χ3n) is 2.04. The summed E-state index contributed by atoms with van der Waals surface area (Å²) in [6.07, 6.45) is 1.23. The van der Waals surface area contributed by atoms with Crippen molar-refractivity contribution in [2.45, 2.75) is 6.54 Å². The molecule has 1 aromatic heterocycles. The molecule has 2 aromatic rings. The molecule has 3 rings (SSSR count). The topological polar surface area (TPSA) is 16.8 Å². The van der Waals surface area contributed by atoms with Crippen molar-refractivity contribution in [2.75, 3.05) is 0 Å². The van der Waals surface area contributed by atoms with Crippen molar-refractivity contribution in [1.82, 2.24) is 4.98 Å². The van der Waals surface area contributed by atoms with Crippen molar-refractivity contribution >= 4 is 0 Å². The van der Waals surface area contributed by atoms with E-state index in [1.807, 2.05) is 0 Å². The number of aromatic nitrogens is 2. The summed E-state index contributed by atoms with van der Waals surface area (Å²) >= 11 is 0. The highest BCUT2D eigenvalue weighted by Crippen LogP contribution is 2.23. The molecule has 2 heteroatoms. The minimum Gasteiger partial charge on any atom is -0.226 e. The molecule has 62 valence electrons. The van der Waals surface area contributed by atoms with E-state index < -0.39 is 0 Å². The Balaban J connectivity index is 2.39. The second-order valence-corrected chi connectivity index (χ2v) is 2.80. The number of hydrogen-bond acceptors (Lipinski definition) is 1. The van der Waals surface area contributed by atoms with E-state index in [1.54, 1.807) is 4.57 Å². The van der Waals surface area contributed by atoms with Gasteiger partial charge in [-0.15, -0.1) is 0 Å². The molecule has 13 heavy (non-hydrogen) atoms. The highest BCUT2D eigenvalue weighted by atomic mass is 15.1. The Bertz CT molecular complexity index is 728. The Labute approximate surface area is 84.9 Å². The van der Waals surface area contributed by atoms with E-state index in [4.69, 9.17) is 8.22 Å². The lowest BCUT2D eigenvalue weighted by atomic mass is 10.1. The van der Waals surface area contributed by atoms with Crippen LogP contribution in [0.5, 0.6) is 0 Å². The van der Waals surface area contributed by atoms with E-state index in [2.05, 4.69) is 4.98 Å². The first-order chi connectivity index (χ1) is 8.91. The zero-order valence-electron chi connectivity index (χ0n) is 12.7. The molecule has 0 amide bonds. The number of rotatable bonds is 0. The SMILES string of the molecule is [2H]c1c[n+]2c(nc1[2H])-c1c([2H])c([2H])c([2H])c([2H])c1C2. The maximum atomic E-state index is 7.92. The average molecular weight is 175 g/mol. The van der Waals surface area contributed by atoms with Crippen LogP contribution >= 0.6 is 0 Å². The molecule has 0 spiro atoms. The average Bonchev–Trinajstić information content (AvgIpc) is 2.73. The first-order valence-electron chi connectivity index (χ1n) is 6.89. The summed E-state index contributed by atoms with van der Waals surface area (Å²) in [5.41, 5.74) is 0.794. The normalized spacial score (nSPS) is 18.8. The number of fused-ring (bicyclic) bond motifs is 3. The Morgan fingerprint density at radius 2 is 2.23 bits per heavy atom. The third-order valence-corrected chi connectivity index (χ3v) is 2.04. The summed E-state index contributed by atoms with van der Waals surface area (Å²) in [6.45, 7) is 0.251. The van der Waals surface area contributed by atoms with E-state index in [-0.39, 0.29) is 42.9 Å². The van der Waals surface area contributed by atoms with E-state index >= 15 is 0 Å². The second-order valence-electron chi connectivity index (χ2n) is 2.80. The van der Waals surface area contributed by atoms with Crippen molar-refractivity contribution in [3.63, 3.8) is 0 Å². The third kappa shape index (κ3) is 0.886. The molecule has 0 aliphatic carbocycles.